The van der Waals surface area contributed by atoms with Gasteiger partial charge in [0.05, 0.1) is 12.2 Å². The van der Waals surface area contributed by atoms with Gasteiger partial charge >= 0.3 is 0 Å². The van der Waals surface area contributed by atoms with Crippen molar-refractivity contribution in [2.75, 3.05) is 0 Å². The topological polar surface area (TPSA) is 40.5 Å². The predicted octanol–water partition coefficient (Wildman–Crippen LogP) is 6.53. The lowest BCUT2D eigenvalue weighted by atomic mass is 9.46. The second-order valence-electron chi connectivity index (χ2n) is 12.3. The summed E-state index contributed by atoms with van der Waals surface area (Å²) in [5.74, 6) is 4.28. The van der Waals surface area contributed by atoms with Crippen LogP contribution in [-0.2, 0) is 0 Å². The van der Waals surface area contributed by atoms with Gasteiger partial charge in [-0.3, -0.25) is 0 Å². The molecule has 0 aromatic rings. The van der Waals surface area contributed by atoms with E-state index in [9.17, 15) is 10.2 Å². The first-order valence-corrected chi connectivity index (χ1v) is 12.8. The standard InChI is InChI=1S/C28H46O2/c1-17(2)18(3)7-8-19(4)22-9-10-23-21-16-26(30)25-15-20(29)11-13-28(25,6)24(21)12-14-27(22,23)5/h15,17,19-24,26,29-30H,3,7-14,16H2,1-2,4-6H3/t19?,20-,21?,22?,23?,24?,26+,27+,28+/m0/s1. The van der Waals surface area contributed by atoms with E-state index >= 15 is 0 Å². The minimum Gasteiger partial charge on any atom is -0.389 e. The number of hydrogen-bond acceptors (Lipinski definition) is 2. The zero-order valence-electron chi connectivity index (χ0n) is 20.2. The number of rotatable bonds is 5. The van der Waals surface area contributed by atoms with Crippen molar-refractivity contribution in [1.29, 1.82) is 0 Å². The van der Waals surface area contributed by atoms with E-state index < -0.39 is 0 Å². The summed E-state index contributed by atoms with van der Waals surface area (Å²) in [5, 5.41) is 21.3. The Morgan fingerprint density at radius 1 is 1.07 bits per heavy atom. The SMILES string of the molecule is C=C(CCC(C)C1CCC2C3C[C@@H](O)C4=C[C@@H](O)CC[C@]4(C)C3CC[C@]12C)C(C)C. The number of allylic oxidation sites excluding steroid dienone is 1. The molecule has 5 unspecified atom stereocenters. The van der Waals surface area contributed by atoms with Crippen molar-refractivity contribution in [2.45, 2.75) is 105 Å². The molecular weight excluding hydrogens is 368 g/mol. The fraction of sp³-hybridized carbons (Fsp3) is 0.857. The van der Waals surface area contributed by atoms with Crippen LogP contribution in [0, 0.1) is 46.3 Å². The molecule has 0 heterocycles. The van der Waals surface area contributed by atoms with Gasteiger partial charge in [-0.15, -0.1) is 0 Å². The molecule has 0 saturated heterocycles. The van der Waals surface area contributed by atoms with Crippen LogP contribution in [0.4, 0.5) is 0 Å². The summed E-state index contributed by atoms with van der Waals surface area (Å²) in [6, 6.07) is 0. The zero-order valence-corrected chi connectivity index (χ0v) is 20.2. The van der Waals surface area contributed by atoms with E-state index in [4.69, 9.17) is 0 Å². The van der Waals surface area contributed by atoms with Crippen LogP contribution in [0.5, 0.6) is 0 Å². The van der Waals surface area contributed by atoms with Crippen LogP contribution < -0.4 is 0 Å². The van der Waals surface area contributed by atoms with E-state index in [1.165, 1.54) is 49.7 Å². The first-order chi connectivity index (χ1) is 14.1. The summed E-state index contributed by atoms with van der Waals surface area (Å²) in [6.07, 6.45) is 12.0. The highest BCUT2D eigenvalue weighted by molar-refractivity contribution is 5.29. The molecular formula is C28H46O2. The van der Waals surface area contributed by atoms with Gasteiger partial charge in [0, 0.05) is 0 Å². The summed E-state index contributed by atoms with van der Waals surface area (Å²) in [5.41, 5.74) is 3.11. The molecule has 0 radical (unpaired) electrons. The maximum atomic E-state index is 11.1. The summed E-state index contributed by atoms with van der Waals surface area (Å²) >= 11 is 0. The molecule has 2 heteroatoms. The van der Waals surface area contributed by atoms with E-state index in [0.29, 0.717) is 23.2 Å². The molecule has 3 fully saturated rings. The molecule has 0 amide bonds. The van der Waals surface area contributed by atoms with Crippen molar-refractivity contribution < 1.29 is 10.2 Å². The van der Waals surface area contributed by atoms with Crippen LogP contribution in [-0.4, -0.2) is 22.4 Å². The molecule has 4 rings (SSSR count). The maximum Gasteiger partial charge on any atom is 0.0759 e. The highest BCUT2D eigenvalue weighted by Gasteiger charge is 2.60. The Bertz CT molecular complexity index is 693. The van der Waals surface area contributed by atoms with Gasteiger partial charge in [-0.1, -0.05) is 52.8 Å². The van der Waals surface area contributed by atoms with Gasteiger partial charge in [0.2, 0.25) is 0 Å². The summed E-state index contributed by atoms with van der Waals surface area (Å²) in [6.45, 7) is 16.4. The number of hydrogen-bond donors (Lipinski definition) is 2. The lowest BCUT2D eigenvalue weighted by Gasteiger charge is -2.60. The van der Waals surface area contributed by atoms with Crippen molar-refractivity contribution in [3.63, 3.8) is 0 Å². The number of aliphatic hydroxyl groups is 2. The third-order valence-corrected chi connectivity index (χ3v) is 10.6. The van der Waals surface area contributed by atoms with Gasteiger partial charge in [-0.25, -0.2) is 0 Å². The highest BCUT2D eigenvalue weighted by Crippen LogP contribution is 2.67. The first-order valence-electron chi connectivity index (χ1n) is 12.8. The zero-order chi connectivity index (χ0) is 21.8. The van der Waals surface area contributed by atoms with Crippen molar-refractivity contribution in [3.8, 4) is 0 Å². The normalized spacial score (nSPS) is 46.6. The first kappa shape index (κ1) is 22.6. The second kappa shape index (κ2) is 8.07. The van der Waals surface area contributed by atoms with Gasteiger partial charge in [0.25, 0.3) is 0 Å². The van der Waals surface area contributed by atoms with Gasteiger partial charge in [-0.2, -0.15) is 0 Å². The van der Waals surface area contributed by atoms with E-state index in [1.807, 2.05) is 6.08 Å². The second-order valence-corrected chi connectivity index (χ2v) is 12.3. The Morgan fingerprint density at radius 2 is 1.80 bits per heavy atom. The Hall–Kier alpha value is -0.600. The van der Waals surface area contributed by atoms with Crippen LogP contribution in [0.2, 0.25) is 0 Å². The molecule has 30 heavy (non-hydrogen) atoms. The molecule has 170 valence electrons. The average molecular weight is 415 g/mol. The average Bonchev–Trinajstić information content (AvgIpc) is 3.04. The third-order valence-electron chi connectivity index (χ3n) is 10.6. The molecule has 2 nitrogen and oxygen atoms in total. The largest absolute Gasteiger partial charge is 0.389 e. The maximum absolute atomic E-state index is 11.1. The molecule has 4 aliphatic carbocycles. The van der Waals surface area contributed by atoms with Crippen molar-refractivity contribution in [2.24, 2.45) is 46.3 Å². The van der Waals surface area contributed by atoms with Crippen LogP contribution in [0.1, 0.15) is 92.4 Å². The Morgan fingerprint density at radius 3 is 2.50 bits per heavy atom. The quantitative estimate of drug-likeness (QED) is 0.502. The summed E-state index contributed by atoms with van der Waals surface area (Å²) in [4.78, 5) is 0. The van der Waals surface area contributed by atoms with Crippen LogP contribution in [0.25, 0.3) is 0 Å². The summed E-state index contributed by atoms with van der Waals surface area (Å²) < 4.78 is 0. The van der Waals surface area contributed by atoms with Crippen LogP contribution >= 0.6 is 0 Å². The Kier molecular flexibility index (Phi) is 6.08. The van der Waals surface area contributed by atoms with Gasteiger partial charge in [0.1, 0.15) is 0 Å². The molecule has 2 N–H and O–H groups in total. The molecule has 4 aliphatic rings. The Labute approximate surface area is 185 Å². The molecule has 3 saturated carbocycles. The third kappa shape index (κ3) is 3.54. The fourth-order valence-corrected chi connectivity index (χ4v) is 8.63. The lowest BCUT2D eigenvalue weighted by molar-refractivity contribution is -0.0873. The van der Waals surface area contributed by atoms with E-state index in [0.717, 1.165) is 37.0 Å². The number of aliphatic hydroxyl groups excluding tert-OH is 2. The van der Waals surface area contributed by atoms with Gasteiger partial charge in [0.15, 0.2) is 0 Å². The van der Waals surface area contributed by atoms with Crippen molar-refractivity contribution in [1.82, 2.24) is 0 Å². The lowest BCUT2D eigenvalue weighted by Crippen LogP contribution is -2.54. The molecule has 0 bridgehead atoms. The highest BCUT2D eigenvalue weighted by atomic mass is 16.3. The van der Waals surface area contributed by atoms with E-state index in [2.05, 4.69) is 41.2 Å². The monoisotopic (exact) mass is 414 g/mol. The molecule has 0 spiro atoms. The van der Waals surface area contributed by atoms with Crippen LogP contribution in [0.3, 0.4) is 0 Å². The molecule has 0 aromatic carbocycles. The smallest absolute Gasteiger partial charge is 0.0759 e. The minimum atomic E-state index is -0.356. The van der Waals surface area contributed by atoms with Gasteiger partial charge in [-0.05, 0) is 110 Å². The molecule has 0 aromatic heterocycles. The molecule has 0 aliphatic heterocycles. The van der Waals surface area contributed by atoms with Crippen molar-refractivity contribution in [3.05, 3.63) is 23.8 Å². The van der Waals surface area contributed by atoms with E-state index in [-0.39, 0.29) is 17.6 Å². The molecule has 9 atom stereocenters. The fourth-order valence-electron chi connectivity index (χ4n) is 8.63. The summed E-state index contributed by atoms with van der Waals surface area (Å²) in [7, 11) is 0. The Balaban J connectivity index is 1.52. The predicted molar refractivity (Wildman–Crippen MR) is 125 cm³/mol. The van der Waals surface area contributed by atoms with Crippen molar-refractivity contribution >= 4 is 0 Å². The van der Waals surface area contributed by atoms with Gasteiger partial charge < -0.3 is 10.2 Å². The minimum absolute atomic E-state index is 0.0988. The van der Waals surface area contributed by atoms with Crippen LogP contribution in [0.15, 0.2) is 23.8 Å². The van der Waals surface area contributed by atoms with E-state index in [1.54, 1.807) is 0 Å². The number of fused-ring (bicyclic) bond motifs is 5.